The molecule has 2 rings (SSSR count). The van der Waals surface area contributed by atoms with Crippen LogP contribution in [-0.2, 0) is 20.0 Å². The molecule has 1 fully saturated rings. The van der Waals surface area contributed by atoms with Gasteiger partial charge in [-0.05, 0) is 37.1 Å². The summed E-state index contributed by atoms with van der Waals surface area (Å²) in [6.07, 6.45) is 5.60. The number of terminal acetylenes is 1. The van der Waals surface area contributed by atoms with E-state index in [-0.39, 0.29) is 5.75 Å². The fraction of sp³-hybridized carbons (Fsp3) is 0.385. The molecular formula is C13H16N2O4S2. The standard InChI is InChI=1S/C13H16N2O4S2/c1-3-8-20(16,17)14-13-6-5-12(10-11(13)2)15-7-4-9-21(15,18)19/h1,5-6,10,14H,4,7-9H2,2H3. The van der Waals surface area contributed by atoms with Crippen molar-refractivity contribution in [2.45, 2.75) is 13.3 Å². The minimum atomic E-state index is -3.58. The maximum absolute atomic E-state index is 11.9. The summed E-state index contributed by atoms with van der Waals surface area (Å²) in [5, 5.41) is 0. The molecule has 1 aliphatic rings. The Labute approximate surface area is 125 Å². The van der Waals surface area contributed by atoms with Crippen LogP contribution < -0.4 is 9.03 Å². The number of benzene rings is 1. The lowest BCUT2D eigenvalue weighted by molar-refractivity contribution is 0.599. The maximum atomic E-state index is 11.9. The van der Waals surface area contributed by atoms with E-state index in [9.17, 15) is 16.8 Å². The van der Waals surface area contributed by atoms with Gasteiger partial charge in [0, 0.05) is 6.54 Å². The molecule has 8 heteroatoms. The molecule has 21 heavy (non-hydrogen) atoms. The smallest absolute Gasteiger partial charge is 0.244 e. The van der Waals surface area contributed by atoms with Crippen LogP contribution in [0.25, 0.3) is 0 Å². The lowest BCUT2D eigenvalue weighted by Gasteiger charge is -2.18. The van der Waals surface area contributed by atoms with Gasteiger partial charge in [0.2, 0.25) is 20.0 Å². The van der Waals surface area contributed by atoms with Gasteiger partial charge in [-0.1, -0.05) is 5.92 Å². The molecule has 1 heterocycles. The van der Waals surface area contributed by atoms with Gasteiger partial charge in [-0.3, -0.25) is 9.03 Å². The molecular weight excluding hydrogens is 312 g/mol. The summed E-state index contributed by atoms with van der Waals surface area (Å²) in [5.74, 6) is 1.81. The van der Waals surface area contributed by atoms with Crippen LogP contribution in [0.15, 0.2) is 18.2 Å². The van der Waals surface area contributed by atoms with Crippen molar-refractivity contribution >= 4 is 31.4 Å². The van der Waals surface area contributed by atoms with E-state index in [0.717, 1.165) is 0 Å². The summed E-state index contributed by atoms with van der Waals surface area (Å²) >= 11 is 0. The van der Waals surface area contributed by atoms with Crippen LogP contribution in [0.4, 0.5) is 11.4 Å². The van der Waals surface area contributed by atoms with E-state index >= 15 is 0 Å². The van der Waals surface area contributed by atoms with Crippen molar-refractivity contribution in [3.63, 3.8) is 0 Å². The second kappa shape index (κ2) is 5.58. The Balaban J connectivity index is 2.29. The zero-order valence-electron chi connectivity index (χ0n) is 11.5. The zero-order valence-corrected chi connectivity index (χ0v) is 13.2. The average Bonchev–Trinajstić information content (AvgIpc) is 2.71. The van der Waals surface area contributed by atoms with Crippen LogP contribution in [-0.4, -0.2) is 34.9 Å². The Bertz CT molecular complexity index is 792. The van der Waals surface area contributed by atoms with Crippen molar-refractivity contribution in [3.8, 4) is 12.3 Å². The quantitative estimate of drug-likeness (QED) is 0.833. The molecule has 0 radical (unpaired) electrons. The van der Waals surface area contributed by atoms with Crippen LogP contribution in [0.2, 0.25) is 0 Å². The number of sulfonamides is 2. The molecule has 0 aliphatic carbocycles. The second-order valence-electron chi connectivity index (χ2n) is 4.81. The number of hydrogen-bond acceptors (Lipinski definition) is 4. The lowest BCUT2D eigenvalue weighted by Crippen LogP contribution is -2.25. The normalized spacial score (nSPS) is 17.4. The van der Waals surface area contributed by atoms with E-state index in [1.54, 1.807) is 25.1 Å². The molecule has 1 aromatic carbocycles. The number of hydrogen-bond donors (Lipinski definition) is 1. The predicted molar refractivity (Wildman–Crippen MR) is 83.2 cm³/mol. The molecule has 0 unspecified atom stereocenters. The molecule has 0 amide bonds. The van der Waals surface area contributed by atoms with Gasteiger partial charge < -0.3 is 0 Å². The Hall–Kier alpha value is -1.72. The van der Waals surface area contributed by atoms with Crippen molar-refractivity contribution in [1.82, 2.24) is 0 Å². The fourth-order valence-electron chi connectivity index (χ4n) is 2.16. The van der Waals surface area contributed by atoms with E-state index in [0.29, 0.717) is 29.9 Å². The highest BCUT2D eigenvalue weighted by molar-refractivity contribution is 7.93. The van der Waals surface area contributed by atoms with E-state index in [1.165, 1.54) is 4.31 Å². The molecule has 6 nitrogen and oxygen atoms in total. The van der Waals surface area contributed by atoms with Crippen molar-refractivity contribution in [3.05, 3.63) is 23.8 Å². The number of rotatable bonds is 4. The van der Waals surface area contributed by atoms with Crippen LogP contribution >= 0.6 is 0 Å². The first kappa shape index (κ1) is 15.7. The molecule has 1 N–H and O–H groups in total. The van der Waals surface area contributed by atoms with Crippen LogP contribution in [0.3, 0.4) is 0 Å². The van der Waals surface area contributed by atoms with Gasteiger partial charge in [-0.25, -0.2) is 16.8 Å². The van der Waals surface area contributed by atoms with Crippen molar-refractivity contribution in [2.24, 2.45) is 0 Å². The average molecular weight is 328 g/mol. The summed E-state index contributed by atoms with van der Waals surface area (Å²) < 4.78 is 50.7. The van der Waals surface area contributed by atoms with Gasteiger partial charge in [0.05, 0.1) is 17.1 Å². The number of nitrogens with one attached hydrogen (secondary N) is 1. The highest BCUT2D eigenvalue weighted by Gasteiger charge is 2.28. The molecule has 1 aliphatic heterocycles. The Morgan fingerprint density at radius 2 is 2.14 bits per heavy atom. The summed E-state index contributed by atoms with van der Waals surface area (Å²) in [7, 11) is -6.83. The second-order valence-corrected chi connectivity index (χ2v) is 8.54. The Morgan fingerprint density at radius 3 is 2.67 bits per heavy atom. The highest BCUT2D eigenvalue weighted by Crippen LogP contribution is 2.28. The maximum Gasteiger partial charge on any atom is 0.244 e. The highest BCUT2D eigenvalue weighted by atomic mass is 32.2. The molecule has 0 aromatic heterocycles. The van der Waals surface area contributed by atoms with Gasteiger partial charge in [-0.15, -0.1) is 6.42 Å². The van der Waals surface area contributed by atoms with E-state index in [2.05, 4.69) is 10.6 Å². The molecule has 0 bridgehead atoms. The van der Waals surface area contributed by atoms with E-state index < -0.39 is 25.8 Å². The van der Waals surface area contributed by atoms with Crippen molar-refractivity contribution in [2.75, 3.05) is 27.1 Å². The topological polar surface area (TPSA) is 83.6 Å². The van der Waals surface area contributed by atoms with Crippen LogP contribution in [0.1, 0.15) is 12.0 Å². The van der Waals surface area contributed by atoms with Gasteiger partial charge in [0.1, 0.15) is 5.75 Å². The number of anilines is 2. The minimum absolute atomic E-state index is 0.141. The summed E-state index contributed by atoms with van der Waals surface area (Å²) in [4.78, 5) is 0. The lowest BCUT2D eigenvalue weighted by atomic mass is 10.2. The fourth-order valence-corrected chi connectivity index (χ4v) is 4.57. The predicted octanol–water partition coefficient (Wildman–Crippen LogP) is 0.910. The molecule has 0 saturated carbocycles. The first-order valence-corrected chi connectivity index (χ1v) is 9.56. The third kappa shape index (κ3) is 3.49. The van der Waals surface area contributed by atoms with E-state index in [1.807, 2.05) is 0 Å². The zero-order chi connectivity index (χ0) is 15.7. The third-order valence-corrected chi connectivity index (χ3v) is 6.08. The summed E-state index contributed by atoms with van der Waals surface area (Å²) in [6, 6.07) is 4.78. The van der Waals surface area contributed by atoms with Crippen LogP contribution in [0, 0.1) is 19.3 Å². The largest absolute Gasteiger partial charge is 0.282 e. The Kier molecular flexibility index (Phi) is 4.16. The molecule has 1 aromatic rings. The molecule has 0 spiro atoms. The van der Waals surface area contributed by atoms with Crippen molar-refractivity contribution < 1.29 is 16.8 Å². The number of aryl methyl sites for hydroxylation is 1. The number of nitrogens with zero attached hydrogens (tertiary/aromatic N) is 1. The monoisotopic (exact) mass is 328 g/mol. The van der Waals surface area contributed by atoms with Gasteiger partial charge in [-0.2, -0.15) is 0 Å². The summed E-state index contributed by atoms with van der Waals surface area (Å²) in [5.41, 5.74) is 1.57. The van der Waals surface area contributed by atoms with Gasteiger partial charge in [0.25, 0.3) is 0 Å². The van der Waals surface area contributed by atoms with Gasteiger partial charge >= 0.3 is 0 Å². The summed E-state index contributed by atoms with van der Waals surface area (Å²) in [6.45, 7) is 2.16. The SMILES string of the molecule is C#CCS(=O)(=O)Nc1ccc(N2CCCS2(=O)=O)cc1C. The molecule has 0 atom stereocenters. The molecule has 1 saturated heterocycles. The molecule has 114 valence electrons. The van der Waals surface area contributed by atoms with Crippen LogP contribution in [0.5, 0.6) is 0 Å². The Morgan fingerprint density at radius 1 is 1.43 bits per heavy atom. The third-order valence-electron chi connectivity index (χ3n) is 3.14. The first-order chi connectivity index (χ1) is 9.75. The first-order valence-electron chi connectivity index (χ1n) is 6.30. The minimum Gasteiger partial charge on any atom is -0.282 e. The van der Waals surface area contributed by atoms with Crippen molar-refractivity contribution in [1.29, 1.82) is 0 Å². The van der Waals surface area contributed by atoms with Gasteiger partial charge in [0.15, 0.2) is 0 Å². The van der Waals surface area contributed by atoms with E-state index in [4.69, 9.17) is 6.42 Å².